The van der Waals surface area contributed by atoms with Gasteiger partial charge < -0.3 is 9.32 Å². The van der Waals surface area contributed by atoms with Crippen LogP contribution in [0.4, 0.5) is 0 Å². The number of benzene rings is 2. The molecule has 1 aromatic heterocycles. The molecule has 4 rings (SSSR count). The normalized spacial score (nSPS) is 14.9. The Kier molecular flexibility index (Phi) is 8.18. The zero-order chi connectivity index (χ0) is 22.2. The number of aromatic nitrogens is 1. The highest BCUT2D eigenvalue weighted by atomic mass is 32.2. The first kappa shape index (κ1) is 22.8. The SMILES string of the molecule is Cc1oc(-c2ccc(C(=O)CCCN3CCCCCC3)cc2)nc1CSc1ccccc1. The van der Waals surface area contributed by atoms with Crippen molar-refractivity contribution < 1.29 is 9.21 Å². The molecule has 1 saturated heterocycles. The van der Waals surface area contributed by atoms with Crippen LogP contribution >= 0.6 is 11.8 Å². The third-order valence-electron chi connectivity index (χ3n) is 6.04. The van der Waals surface area contributed by atoms with E-state index in [4.69, 9.17) is 9.40 Å². The molecular formula is C27H32N2O2S. The maximum Gasteiger partial charge on any atom is 0.226 e. The zero-order valence-electron chi connectivity index (χ0n) is 18.9. The van der Waals surface area contributed by atoms with Crippen molar-refractivity contribution in [1.82, 2.24) is 9.88 Å². The van der Waals surface area contributed by atoms with Gasteiger partial charge in [0.1, 0.15) is 5.76 Å². The minimum absolute atomic E-state index is 0.218. The molecule has 0 unspecified atom stereocenters. The van der Waals surface area contributed by atoms with Crippen LogP contribution in [-0.2, 0) is 5.75 Å². The molecule has 0 aliphatic carbocycles. The quantitative estimate of drug-likeness (QED) is 0.267. The van der Waals surface area contributed by atoms with Crippen LogP contribution in [-0.4, -0.2) is 35.3 Å². The third kappa shape index (κ3) is 6.33. The number of hydrogen-bond acceptors (Lipinski definition) is 5. The first-order valence-corrected chi connectivity index (χ1v) is 12.7. The summed E-state index contributed by atoms with van der Waals surface area (Å²) in [7, 11) is 0. The van der Waals surface area contributed by atoms with Crippen LogP contribution in [0.3, 0.4) is 0 Å². The van der Waals surface area contributed by atoms with E-state index in [1.54, 1.807) is 11.8 Å². The van der Waals surface area contributed by atoms with Gasteiger partial charge in [0.25, 0.3) is 0 Å². The Bertz CT molecular complexity index is 990. The molecule has 0 saturated carbocycles. The summed E-state index contributed by atoms with van der Waals surface area (Å²) in [6, 6.07) is 18.0. The summed E-state index contributed by atoms with van der Waals surface area (Å²) in [5.74, 6) is 2.45. The van der Waals surface area contributed by atoms with Crippen LogP contribution in [0.15, 0.2) is 63.9 Å². The van der Waals surface area contributed by atoms with Gasteiger partial charge in [-0.1, -0.05) is 43.2 Å². The van der Waals surface area contributed by atoms with E-state index in [9.17, 15) is 4.79 Å². The molecule has 2 heterocycles. The number of carbonyl (C=O) groups excluding carboxylic acids is 1. The molecule has 1 aliphatic rings. The maximum atomic E-state index is 12.6. The van der Waals surface area contributed by atoms with Gasteiger partial charge in [0.05, 0.1) is 5.69 Å². The fourth-order valence-corrected chi connectivity index (χ4v) is 5.04. The predicted octanol–water partition coefficient (Wildman–Crippen LogP) is 6.78. The third-order valence-corrected chi connectivity index (χ3v) is 7.07. The zero-order valence-corrected chi connectivity index (χ0v) is 19.7. The van der Waals surface area contributed by atoms with E-state index in [2.05, 4.69) is 17.0 Å². The van der Waals surface area contributed by atoms with Gasteiger partial charge in [-0.3, -0.25) is 4.79 Å². The first-order chi connectivity index (χ1) is 15.7. The van der Waals surface area contributed by atoms with E-state index in [1.807, 2.05) is 49.4 Å². The Labute approximate surface area is 195 Å². The second-order valence-corrected chi connectivity index (χ2v) is 9.53. The molecule has 0 spiro atoms. The number of aryl methyl sites for hydroxylation is 1. The maximum absolute atomic E-state index is 12.6. The number of nitrogens with zero attached hydrogens (tertiary/aromatic N) is 2. The van der Waals surface area contributed by atoms with Gasteiger partial charge in [0.2, 0.25) is 5.89 Å². The fourth-order valence-electron chi connectivity index (χ4n) is 4.12. The smallest absolute Gasteiger partial charge is 0.226 e. The lowest BCUT2D eigenvalue weighted by Crippen LogP contribution is -2.26. The highest BCUT2D eigenvalue weighted by molar-refractivity contribution is 7.98. The summed E-state index contributed by atoms with van der Waals surface area (Å²) in [6.45, 7) is 5.36. The molecule has 1 fully saturated rings. The summed E-state index contributed by atoms with van der Waals surface area (Å²) < 4.78 is 5.92. The average molecular weight is 449 g/mol. The van der Waals surface area contributed by atoms with Crippen LogP contribution in [0.2, 0.25) is 0 Å². The molecule has 0 N–H and O–H groups in total. The van der Waals surface area contributed by atoms with Crippen molar-refractivity contribution in [1.29, 1.82) is 0 Å². The molecule has 0 bridgehead atoms. The van der Waals surface area contributed by atoms with Crippen molar-refractivity contribution >= 4 is 17.5 Å². The Morgan fingerprint density at radius 1 is 1.00 bits per heavy atom. The number of oxazole rings is 1. The van der Waals surface area contributed by atoms with E-state index in [0.717, 1.165) is 41.3 Å². The number of rotatable bonds is 9. The summed E-state index contributed by atoms with van der Waals surface area (Å²) in [4.78, 5) is 21.1. The summed E-state index contributed by atoms with van der Waals surface area (Å²) >= 11 is 1.75. The Balaban J connectivity index is 1.30. The van der Waals surface area contributed by atoms with E-state index in [-0.39, 0.29) is 5.78 Å². The van der Waals surface area contributed by atoms with Crippen LogP contribution in [0, 0.1) is 6.92 Å². The van der Waals surface area contributed by atoms with Crippen molar-refractivity contribution in [3.8, 4) is 11.5 Å². The van der Waals surface area contributed by atoms with Gasteiger partial charge in [-0.2, -0.15) is 0 Å². The van der Waals surface area contributed by atoms with Gasteiger partial charge in [0, 0.05) is 28.2 Å². The molecule has 2 aromatic carbocycles. The molecule has 0 amide bonds. The monoisotopic (exact) mass is 448 g/mol. The number of Topliss-reactive ketones (excluding diaryl/α,β-unsaturated/α-hetero) is 1. The fraction of sp³-hybridized carbons (Fsp3) is 0.407. The van der Waals surface area contributed by atoms with Gasteiger partial charge in [-0.15, -0.1) is 11.8 Å². The van der Waals surface area contributed by atoms with Crippen molar-refractivity contribution in [3.63, 3.8) is 0 Å². The van der Waals surface area contributed by atoms with Gasteiger partial charge in [0.15, 0.2) is 5.78 Å². The molecule has 5 heteroatoms. The van der Waals surface area contributed by atoms with Crippen LogP contribution in [0.5, 0.6) is 0 Å². The number of thioether (sulfide) groups is 1. The van der Waals surface area contributed by atoms with Crippen molar-refractivity contribution in [2.24, 2.45) is 0 Å². The lowest BCUT2D eigenvalue weighted by atomic mass is 10.0. The van der Waals surface area contributed by atoms with E-state index < -0.39 is 0 Å². The van der Waals surface area contributed by atoms with Crippen molar-refractivity contribution in [2.75, 3.05) is 19.6 Å². The molecule has 3 aromatic rings. The number of carbonyl (C=O) groups is 1. The van der Waals surface area contributed by atoms with Crippen molar-refractivity contribution in [2.45, 2.75) is 56.1 Å². The molecule has 168 valence electrons. The molecule has 0 atom stereocenters. The van der Waals surface area contributed by atoms with Crippen molar-refractivity contribution in [3.05, 3.63) is 71.6 Å². The lowest BCUT2D eigenvalue weighted by Gasteiger charge is -2.19. The second-order valence-electron chi connectivity index (χ2n) is 8.48. The molecule has 0 radical (unpaired) electrons. The number of hydrogen-bond donors (Lipinski definition) is 0. The van der Waals surface area contributed by atoms with Crippen LogP contribution in [0.25, 0.3) is 11.5 Å². The molecular weight excluding hydrogens is 416 g/mol. The summed E-state index contributed by atoms with van der Waals surface area (Å²) in [5, 5.41) is 0. The standard InChI is InChI=1S/C27H32N2O2S/c1-21-25(20-32-24-10-5-4-6-11-24)28-27(31-21)23-15-13-22(14-16-23)26(30)12-9-19-29-17-7-2-3-8-18-29/h4-6,10-11,13-16H,2-3,7-9,12,17-20H2,1H3. The minimum Gasteiger partial charge on any atom is -0.441 e. The van der Waals surface area contributed by atoms with Gasteiger partial charge in [-0.05, 0) is 70.1 Å². The Morgan fingerprint density at radius 3 is 2.44 bits per heavy atom. The van der Waals surface area contributed by atoms with E-state index in [1.165, 1.54) is 43.7 Å². The van der Waals surface area contributed by atoms with Crippen LogP contribution < -0.4 is 0 Å². The first-order valence-electron chi connectivity index (χ1n) is 11.7. The molecule has 4 nitrogen and oxygen atoms in total. The summed E-state index contributed by atoms with van der Waals surface area (Å²) in [5.41, 5.74) is 2.64. The molecule has 1 aliphatic heterocycles. The Hall–Kier alpha value is -2.37. The second kappa shape index (κ2) is 11.5. The number of likely N-dealkylation sites (tertiary alicyclic amines) is 1. The van der Waals surface area contributed by atoms with E-state index in [0.29, 0.717) is 12.3 Å². The largest absolute Gasteiger partial charge is 0.441 e. The predicted molar refractivity (Wildman–Crippen MR) is 131 cm³/mol. The highest BCUT2D eigenvalue weighted by Crippen LogP contribution is 2.27. The lowest BCUT2D eigenvalue weighted by molar-refractivity contribution is 0.0975. The Morgan fingerprint density at radius 2 is 1.72 bits per heavy atom. The van der Waals surface area contributed by atoms with Gasteiger partial charge >= 0.3 is 0 Å². The van der Waals surface area contributed by atoms with E-state index >= 15 is 0 Å². The molecule has 32 heavy (non-hydrogen) atoms. The minimum atomic E-state index is 0.218. The average Bonchev–Trinajstić information content (AvgIpc) is 3.01. The number of ketones is 1. The van der Waals surface area contributed by atoms with Crippen LogP contribution in [0.1, 0.15) is 60.3 Å². The topological polar surface area (TPSA) is 46.3 Å². The van der Waals surface area contributed by atoms with Gasteiger partial charge in [-0.25, -0.2) is 4.98 Å². The highest BCUT2D eigenvalue weighted by Gasteiger charge is 2.14. The summed E-state index contributed by atoms with van der Waals surface area (Å²) in [6.07, 6.45) is 6.82.